The van der Waals surface area contributed by atoms with Crippen LogP contribution in [0.15, 0.2) is 47.4 Å². The molecular formula is C14H15NO4S. The normalized spacial score (nSPS) is 13.2. The highest BCUT2D eigenvalue weighted by molar-refractivity contribution is 7.89. The van der Waals surface area contributed by atoms with E-state index in [1.54, 1.807) is 13.0 Å². The Balaban J connectivity index is 2.38. The van der Waals surface area contributed by atoms with Crippen molar-refractivity contribution in [3.63, 3.8) is 0 Å². The molecule has 0 spiro atoms. The highest BCUT2D eigenvalue weighted by Crippen LogP contribution is 2.19. The SMILES string of the molecule is CC[C@@H](NS(=O)(=O)c1ccc2ccccc2c1)C(=O)O. The maximum Gasteiger partial charge on any atom is 0.321 e. The summed E-state index contributed by atoms with van der Waals surface area (Å²) in [7, 11) is -3.84. The molecule has 0 aromatic heterocycles. The number of fused-ring (bicyclic) bond motifs is 1. The maximum absolute atomic E-state index is 12.2. The molecule has 5 nitrogen and oxygen atoms in total. The predicted octanol–water partition coefficient (Wildman–Crippen LogP) is 1.98. The van der Waals surface area contributed by atoms with Crippen LogP contribution in [0.3, 0.4) is 0 Å². The molecule has 0 saturated heterocycles. The summed E-state index contributed by atoms with van der Waals surface area (Å²) in [6, 6.07) is 11.0. The van der Waals surface area contributed by atoms with Crippen LogP contribution in [0.4, 0.5) is 0 Å². The summed E-state index contributed by atoms with van der Waals surface area (Å²) in [6.45, 7) is 1.61. The minimum atomic E-state index is -3.84. The zero-order valence-corrected chi connectivity index (χ0v) is 11.7. The van der Waals surface area contributed by atoms with E-state index in [9.17, 15) is 13.2 Å². The fraction of sp³-hybridized carbons (Fsp3) is 0.214. The molecule has 0 bridgehead atoms. The van der Waals surface area contributed by atoms with E-state index >= 15 is 0 Å². The third-order valence-corrected chi connectivity index (χ3v) is 4.50. The molecule has 0 amide bonds. The highest BCUT2D eigenvalue weighted by Gasteiger charge is 2.23. The van der Waals surface area contributed by atoms with Crippen molar-refractivity contribution in [3.05, 3.63) is 42.5 Å². The average Bonchev–Trinajstić information content (AvgIpc) is 2.44. The number of rotatable bonds is 5. The van der Waals surface area contributed by atoms with Gasteiger partial charge in [-0.2, -0.15) is 4.72 Å². The molecule has 0 fully saturated rings. The fourth-order valence-corrected chi connectivity index (χ4v) is 3.21. The third-order valence-electron chi connectivity index (χ3n) is 3.03. The molecule has 2 N–H and O–H groups in total. The van der Waals surface area contributed by atoms with Crippen molar-refractivity contribution < 1.29 is 18.3 Å². The topological polar surface area (TPSA) is 83.5 Å². The van der Waals surface area contributed by atoms with E-state index in [1.807, 2.05) is 24.3 Å². The largest absolute Gasteiger partial charge is 0.480 e. The summed E-state index contributed by atoms with van der Waals surface area (Å²) in [5.41, 5.74) is 0. The van der Waals surface area contributed by atoms with Gasteiger partial charge in [0.1, 0.15) is 6.04 Å². The Morgan fingerprint density at radius 2 is 1.85 bits per heavy atom. The van der Waals surface area contributed by atoms with Gasteiger partial charge in [0.05, 0.1) is 4.90 Å². The Labute approximate surface area is 117 Å². The van der Waals surface area contributed by atoms with Crippen molar-refractivity contribution in [3.8, 4) is 0 Å². The number of aliphatic carboxylic acids is 1. The van der Waals surface area contributed by atoms with Gasteiger partial charge in [-0.05, 0) is 29.3 Å². The summed E-state index contributed by atoms with van der Waals surface area (Å²) in [4.78, 5) is 11.0. The van der Waals surface area contributed by atoms with Crippen LogP contribution in [-0.2, 0) is 14.8 Å². The molecule has 2 aromatic rings. The molecule has 0 radical (unpaired) electrons. The Morgan fingerprint density at radius 1 is 1.20 bits per heavy atom. The standard InChI is InChI=1S/C14H15NO4S/c1-2-13(14(16)17)15-20(18,19)12-8-7-10-5-3-4-6-11(10)9-12/h3-9,13,15H,2H2,1H3,(H,16,17)/t13-/m1/s1. The number of hydrogen-bond donors (Lipinski definition) is 2. The van der Waals surface area contributed by atoms with Crippen molar-refractivity contribution in [2.45, 2.75) is 24.3 Å². The fourth-order valence-electron chi connectivity index (χ4n) is 1.90. The number of carboxylic acid groups (broad SMARTS) is 1. The van der Waals surface area contributed by atoms with Gasteiger partial charge in [-0.15, -0.1) is 0 Å². The molecular weight excluding hydrogens is 278 g/mol. The van der Waals surface area contributed by atoms with Gasteiger partial charge in [0, 0.05) is 0 Å². The number of sulfonamides is 1. The lowest BCUT2D eigenvalue weighted by atomic mass is 10.1. The molecule has 2 aromatic carbocycles. The molecule has 106 valence electrons. The Bertz CT molecular complexity index is 740. The molecule has 0 unspecified atom stereocenters. The summed E-state index contributed by atoms with van der Waals surface area (Å²) >= 11 is 0. The minimum Gasteiger partial charge on any atom is -0.480 e. The minimum absolute atomic E-state index is 0.0656. The van der Waals surface area contributed by atoms with Gasteiger partial charge in [-0.1, -0.05) is 37.3 Å². The van der Waals surface area contributed by atoms with Crippen molar-refractivity contribution >= 4 is 26.8 Å². The second-order valence-electron chi connectivity index (χ2n) is 4.43. The molecule has 0 saturated carbocycles. The monoisotopic (exact) mass is 293 g/mol. The maximum atomic E-state index is 12.2. The first-order valence-corrected chi connectivity index (χ1v) is 7.66. The Hall–Kier alpha value is -1.92. The molecule has 6 heteroatoms. The van der Waals surface area contributed by atoms with Crippen molar-refractivity contribution in [1.82, 2.24) is 4.72 Å². The van der Waals surface area contributed by atoms with Crippen LogP contribution >= 0.6 is 0 Å². The second-order valence-corrected chi connectivity index (χ2v) is 6.14. The van der Waals surface area contributed by atoms with Gasteiger partial charge in [0.15, 0.2) is 0 Å². The van der Waals surface area contributed by atoms with Crippen molar-refractivity contribution in [2.24, 2.45) is 0 Å². The lowest BCUT2D eigenvalue weighted by molar-refractivity contribution is -0.139. The number of carboxylic acids is 1. The summed E-state index contributed by atoms with van der Waals surface area (Å²) in [5.74, 6) is -1.18. The molecule has 2 rings (SSSR count). The predicted molar refractivity (Wildman–Crippen MR) is 76.0 cm³/mol. The summed E-state index contributed by atoms with van der Waals surface area (Å²) < 4.78 is 26.5. The van der Waals surface area contributed by atoms with Crippen LogP contribution < -0.4 is 4.72 Å². The molecule has 0 aliphatic rings. The quantitative estimate of drug-likeness (QED) is 0.883. The molecule has 0 aliphatic heterocycles. The van der Waals surface area contributed by atoms with Crippen LogP contribution in [0.25, 0.3) is 10.8 Å². The average molecular weight is 293 g/mol. The number of hydrogen-bond acceptors (Lipinski definition) is 3. The zero-order chi connectivity index (χ0) is 14.8. The number of nitrogens with one attached hydrogen (secondary N) is 1. The smallest absolute Gasteiger partial charge is 0.321 e. The Morgan fingerprint density at radius 3 is 2.45 bits per heavy atom. The van der Waals surface area contributed by atoms with Crippen molar-refractivity contribution in [2.75, 3.05) is 0 Å². The van der Waals surface area contributed by atoms with E-state index in [4.69, 9.17) is 5.11 Å². The van der Waals surface area contributed by atoms with E-state index in [-0.39, 0.29) is 11.3 Å². The summed E-state index contributed by atoms with van der Waals surface area (Å²) in [5, 5.41) is 10.6. The van der Waals surface area contributed by atoms with Gasteiger partial charge >= 0.3 is 5.97 Å². The van der Waals surface area contributed by atoms with Crippen LogP contribution in [0.5, 0.6) is 0 Å². The molecule has 0 aliphatic carbocycles. The first kappa shape index (κ1) is 14.5. The van der Waals surface area contributed by atoms with Crippen molar-refractivity contribution in [1.29, 1.82) is 0 Å². The first-order chi connectivity index (χ1) is 9.44. The van der Waals surface area contributed by atoms with Gasteiger partial charge in [0.2, 0.25) is 10.0 Å². The number of benzene rings is 2. The Kier molecular flexibility index (Phi) is 4.06. The third kappa shape index (κ3) is 2.97. The summed E-state index contributed by atoms with van der Waals surface area (Å²) in [6.07, 6.45) is 0.183. The molecule has 20 heavy (non-hydrogen) atoms. The van der Waals surface area contributed by atoms with E-state index in [1.165, 1.54) is 12.1 Å². The lowest BCUT2D eigenvalue weighted by Gasteiger charge is -2.13. The number of carbonyl (C=O) groups is 1. The molecule has 0 heterocycles. The van der Waals surface area contributed by atoms with E-state index in [0.29, 0.717) is 0 Å². The van der Waals surface area contributed by atoms with E-state index < -0.39 is 22.0 Å². The second kappa shape index (κ2) is 5.60. The lowest BCUT2D eigenvalue weighted by Crippen LogP contribution is -2.40. The van der Waals surface area contributed by atoms with Gasteiger partial charge < -0.3 is 5.11 Å². The van der Waals surface area contributed by atoms with Crippen LogP contribution in [0.2, 0.25) is 0 Å². The zero-order valence-electron chi connectivity index (χ0n) is 10.9. The van der Waals surface area contributed by atoms with Gasteiger partial charge in [-0.3, -0.25) is 4.79 Å². The van der Waals surface area contributed by atoms with Gasteiger partial charge in [0.25, 0.3) is 0 Å². The molecule has 1 atom stereocenters. The van der Waals surface area contributed by atoms with Gasteiger partial charge in [-0.25, -0.2) is 8.42 Å². The van der Waals surface area contributed by atoms with E-state index in [2.05, 4.69) is 4.72 Å². The van der Waals surface area contributed by atoms with Crippen LogP contribution in [-0.4, -0.2) is 25.5 Å². The van der Waals surface area contributed by atoms with E-state index in [0.717, 1.165) is 10.8 Å². The van der Waals surface area contributed by atoms with Crippen LogP contribution in [0.1, 0.15) is 13.3 Å². The first-order valence-electron chi connectivity index (χ1n) is 6.18. The van der Waals surface area contributed by atoms with Crippen LogP contribution in [0, 0.1) is 0 Å². The highest BCUT2D eigenvalue weighted by atomic mass is 32.2.